The normalized spacial score (nSPS) is 19.3. The number of aryl methyl sites for hydroxylation is 1. The Balaban J connectivity index is 1.37. The smallest absolute Gasteiger partial charge is 0.264 e. The van der Waals surface area contributed by atoms with Crippen LogP contribution in [0.4, 0.5) is 0 Å². The highest BCUT2D eigenvalue weighted by atomic mass is 32.2. The lowest BCUT2D eigenvalue weighted by Gasteiger charge is -2.00. The Bertz CT molecular complexity index is 843. The molecule has 0 atom stereocenters. The zero-order valence-corrected chi connectivity index (χ0v) is 14.5. The van der Waals surface area contributed by atoms with Crippen LogP contribution in [0.2, 0.25) is 0 Å². The Kier molecular flexibility index (Phi) is 4.56. The van der Waals surface area contributed by atoms with Crippen LogP contribution in [0.5, 0.6) is 5.75 Å². The van der Waals surface area contributed by atoms with Gasteiger partial charge in [0.05, 0.1) is 17.8 Å². The van der Waals surface area contributed by atoms with E-state index in [-0.39, 0.29) is 5.91 Å². The molecule has 6 nitrogen and oxygen atoms in total. The van der Waals surface area contributed by atoms with Crippen molar-refractivity contribution in [2.24, 2.45) is 4.99 Å². The standard InChI is InChI=1S/C18H18N4O2S/c23-17-16(11-13-2-3-15-14(10-13)4-9-24-15)25-18(21-17)20-5-1-7-22-8-6-19-12-22/h2-3,6,8,10-12H,1,4-5,7,9H2,(H,20,21,23). The average molecular weight is 354 g/mol. The summed E-state index contributed by atoms with van der Waals surface area (Å²) in [4.78, 5) is 21.3. The van der Waals surface area contributed by atoms with E-state index >= 15 is 0 Å². The molecule has 2 aliphatic heterocycles. The van der Waals surface area contributed by atoms with Gasteiger partial charge in [0.2, 0.25) is 0 Å². The van der Waals surface area contributed by atoms with Crippen molar-refractivity contribution in [3.63, 3.8) is 0 Å². The van der Waals surface area contributed by atoms with Crippen LogP contribution in [0.15, 0.2) is 46.8 Å². The van der Waals surface area contributed by atoms with Crippen molar-refractivity contribution in [1.29, 1.82) is 0 Å². The molecular formula is C18H18N4O2S. The number of carbonyl (C=O) groups excluding carboxylic acids is 1. The predicted octanol–water partition coefficient (Wildman–Crippen LogP) is 2.47. The lowest BCUT2D eigenvalue weighted by molar-refractivity contribution is -0.115. The first-order valence-electron chi connectivity index (χ1n) is 8.25. The first kappa shape index (κ1) is 16.0. The van der Waals surface area contributed by atoms with Crippen LogP contribution >= 0.6 is 11.8 Å². The zero-order chi connectivity index (χ0) is 17.1. The number of ether oxygens (including phenoxy) is 1. The molecule has 1 fully saturated rings. The molecule has 0 unspecified atom stereocenters. The number of imidazole rings is 1. The van der Waals surface area contributed by atoms with Crippen molar-refractivity contribution in [3.05, 3.63) is 53.0 Å². The largest absolute Gasteiger partial charge is 0.493 e. The van der Waals surface area contributed by atoms with Gasteiger partial charge >= 0.3 is 0 Å². The second-order valence-corrected chi connectivity index (χ2v) is 6.90. The lowest BCUT2D eigenvalue weighted by atomic mass is 10.1. The van der Waals surface area contributed by atoms with Gasteiger partial charge in [-0.25, -0.2) is 4.98 Å². The van der Waals surface area contributed by atoms with Crippen LogP contribution in [0, 0.1) is 0 Å². The minimum absolute atomic E-state index is 0.0879. The molecular weight excluding hydrogens is 336 g/mol. The molecule has 1 N–H and O–H groups in total. The number of hydrogen-bond donors (Lipinski definition) is 1. The number of carbonyl (C=O) groups is 1. The molecule has 7 heteroatoms. The maximum Gasteiger partial charge on any atom is 0.264 e. The van der Waals surface area contributed by atoms with E-state index in [0.717, 1.165) is 37.3 Å². The van der Waals surface area contributed by atoms with Gasteiger partial charge in [-0.15, -0.1) is 0 Å². The Hall–Kier alpha value is -2.54. The van der Waals surface area contributed by atoms with Crippen LogP contribution < -0.4 is 10.1 Å². The Labute approximate surface area is 150 Å². The molecule has 0 spiro atoms. The zero-order valence-electron chi connectivity index (χ0n) is 13.6. The van der Waals surface area contributed by atoms with Gasteiger partial charge < -0.3 is 14.6 Å². The second-order valence-electron chi connectivity index (χ2n) is 5.87. The number of thioether (sulfide) groups is 1. The summed E-state index contributed by atoms with van der Waals surface area (Å²) in [6, 6.07) is 6.03. The van der Waals surface area contributed by atoms with E-state index in [1.54, 1.807) is 12.5 Å². The summed E-state index contributed by atoms with van der Waals surface area (Å²) in [5, 5.41) is 3.50. The summed E-state index contributed by atoms with van der Waals surface area (Å²) >= 11 is 1.39. The molecule has 0 saturated carbocycles. The summed E-state index contributed by atoms with van der Waals surface area (Å²) in [5.41, 5.74) is 2.22. The highest BCUT2D eigenvalue weighted by Gasteiger charge is 2.23. The summed E-state index contributed by atoms with van der Waals surface area (Å²) in [7, 11) is 0. The van der Waals surface area contributed by atoms with E-state index < -0.39 is 0 Å². The predicted molar refractivity (Wildman–Crippen MR) is 98.5 cm³/mol. The van der Waals surface area contributed by atoms with Crippen LogP contribution in [0.1, 0.15) is 17.5 Å². The molecule has 1 amide bonds. The first-order chi connectivity index (χ1) is 12.3. The molecule has 2 aliphatic rings. The van der Waals surface area contributed by atoms with Gasteiger partial charge in [0.1, 0.15) is 5.75 Å². The van der Waals surface area contributed by atoms with E-state index in [1.807, 2.05) is 29.0 Å². The average Bonchev–Trinajstić information content (AvgIpc) is 3.33. The Morgan fingerprint density at radius 1 is 1.44 bits per heavy atom. The van der Waals surface area contributed by atoms with Gasteiger partial charge in [0.15, 0.2) is 5.17 Å². The fraction of sp³-hybridized carbons (Fsp3) is 0.278. The van der Waals surface area contributed by atoms with E-state index in [1.165, 1.54) is 17.3 Å². The number of aromatic nitrogens is 2. The second kappa shape index (κ2) is 7.14. The van der Waals surface area contributed by atoms with Crippen molar-refractivity contribution in [3.8, 4) is 5.75 Å². The van der Waals surface area contributed by atoms with E-state index in [0.29, 0.717) is 16.6 Å². The molecule has 1 aromatic carbocycles. The monoisotopic (exact) mass is 354 g/mol. The summed E-state index contributed by atoms with van der Waals surface area (Å²) in [6.45, 7) is 2.28. The fourth-order valence-electron chi connectivity index (χ4n) is 2.80. The number of nitrogens with zero attached hydrogens (tertiary/aromatic N) is 3. The number of amides is 1. The third-order valence-electron chi connectivity index (χ3n) is 4.05. The van der Waals surface area contributed by atoms with Crippen LogP contribution in [0.3, 0.4) is 0 Å². The van der Waals surface area contributed by atoms with E-state index in [4.69, 9.17) is 4.74 Å². The third-order valence-corrected chi connectivity index (χ3v) is 5.00. The van der Waals surface area contributed by atoms with Crippen LogP contribution in [-0.4, -0.2) is 33.8 Å². The lowest BCUT2D eigenvalue weighted by Crippen LogP contribution is -2.20. The van der Waals surface area contributed by atoms with Crippen molar-refractivity contribution in [2.75, 3.05) is 13.2 Å². The van der Waals surface area contributed by atoms with Crippen molar-refractivity contribution in [1.82, 2.24) is 14.9 Å². The number of amidine groups is 1. The number of fused-ring (bicyclic) bond motifs is 1. The molecule has 0 aliphatic carbocycles. The van der Waals surface area contributed by atoms with Gasteiger partial charge in [-0.05, 0) is 47.5 Å². The Morgan fingerprint density at radius 3 is 3.28 bits per heavy atom. The molecule has 0 bridgehead atoms. The summed E-state index contributed by atoms with van der Waals surface area (Å²) in [5.74, 6) is 0.862. The number of aliphatic imine (C=N–C) groups is 1. The van der Waals surface area contributed by atoms with Gasteiger partial charge in [-0.1, -0.05) is 6.07 Å². The molecule has 0 radical (unpaired) electrons. The molecule has 2 aromatic rings. The molecule has 1 saturated heterocycles. The highest BCUT2D eigenvalue weighted by Crippen LogP contribution is 2.30. The van der Waals surface area contributed by atoms with Crippen molar-refractivity contribution < 1.29 is 9.53 Å². The number of nitrogens with one attached hydrogen (secondary N) is 1. The highest BCUT2D eigenvalue weighted by molar-refractivity contribution is 8.18. The minimum atomic E-state index is -0.0879. The third kappa shape index (κ3) is 3.76. The molecule has 25 heavy (non-hydrogen) atoms. The topological polar surface area (TPSA) is 68.5 Å². The SMILES string of the molecule is O=C1NC(=NCCCn2ccnc2)SC1=Cc1ccc2c(c1)CCO2. The quantitative estimate of drug-likeness (QED) is 0.662. The Morgan fingerprint density at radius 2 is 2.40 bits per heavy atom. The molecule has 4 rings (SSSR count). The molecule has 1 aromatic heterocycles. The minimum Gasteiger partial charge on any atom is -0.493 e. The summed E-state index contributed by atoms with van der Waals surface area (Å²) in [6.07, 6.45) is 9.23. The fourth-order valence-corrected chi connectivity index (χ4v) is 3.65. The van der Waals surface area contributed by atoms with Gasteiger partial charge in [0, 0.05) is 31.9 Å². The molecule has 128 valence electrons. The van der Waals surface area contributed by atoms with Gasteiger partial charge in [-0.3, -0.25) is 9.79 Å². The maximum atomic E-state index is 12.1. The summed E-state index contributed by atoms with van der Waals surface area (Å²) < 4.78 is 7.53. The van der Waals surface area contributed by atoms with E-state index in [9.17, 15) is 4.79 Å². The van der Waals surface area contributed by atoms with Gasteiger partial charge in [0.25, 0.3) is 5.91 Å². The van der Waals surface area contributed by atoms with Crippen molar-refractivity contribution in [2.45, 2.75) is 19.4 Å². The van der Waals surface area contributed by atoms with Gasteiger partial charge in [-0.2, -0.15) is 0 Å². The number of rotatable bonds is 5. The van der Waals surface area contributed by atoms with Crippen LogP contribution in [0.25, 0.3) is 6.08 Å². The van der Waals surface area contributed by atoms with E-state index in [2.05, 4.69) is 21.4 Å². The van der Waals surface area contributed by atoms with Crippen molar-refractivity contribution >= 4 is 28.9 Å². The molecule has 3 heterocycles. The van der Waals surface area contributed by atoms with Crippen LogP contribution in [-0.2, 0) is 17.8 Å². The number of benzene rings is 1. The maximum absolute atomic E-state index is 12.1. The first-order valence-corrected chi connectivity index (χ1v) is 9.06. The number of hydrogen-bond acceptors (Lipinski definition) is 5.